The SMILES string of the molecule is COc1cccc(NC(=O)CSC2=C(C#N)[C@@H](c3ccco3)C(C(=O)Nc3ccccc3OC)=C(C)N2)c1. The number of nitrogens with zero attached hydrogens (tertiary/aromatic N) is 1. The number of benzene rings is 2. The average Bonchev–Trinajstić information content (AvgIpc) is 3.46. The summed E-state index contributed by atoms with van der Waals surface area (Å²) in [5, 5.41) is 19.5. The maximum Gasteiger partial charge on any atom is 0.254 e. The Bertz CT molecular complexity index is 1440. The zero-order chi connectivity index (χ0) is 27.1. The zero-order valence-corrected chi connectivity index (χ0v) is 21.8. The molecule has 1 aromatic heterocycles. The third kappa shape index (κ3) is 5.85. The Labute approximate surface area is 224 Å². The molecular weight excluding hydrogens is 504 g/mol. The molecule has 2 amide bonds. The molecule has 3 N–H and O–H groups in total. The molecule has 9 nitrogen and oxygen atoms in total. The quantitative estimate of drug-likeness (QED) is 0.353. The first-order valence-corrected chi connectivity index (χ1v) is 12.6. The van der Waals surface area contributed by atoms with Gasteiger partial charge < -0.3 is 29.8 Å². The van der Waals surface area contributed by atoms with E-state index in [1.165, 1.54) is 25.1 Å². The molecule has 10 heteroatoms. The van der Waals surface area contributed by atoms with Gasteiger partial charge in [-0.15, -0.1) is 0 Å². The number of furan rings is 1. The van der Waals surface area contributed by atoms with E-state index in [2.05, 4.69) is 22.0 Å². The first-order valence-electron chi connectivity index (χ1n) is 11.6. The number of hydrogen-bond donors (Lipinski definition) is 3. The molecule has 0 bridgehead atoms. The van der Waals surface area contributed by atoms with Gasteiger partial charge in [-0.25, -0.2) is 0 Å². The van der Waals surface area contributed by atoms with Gasteiger partial charge in [0.2, 0.25) is 5.91 Å². The maximum absolute atomic E-state index is 13.5. The summed E-state index contributed by atoms with van der Waals surface area (Å²) in [6.07, 6.45) is 1.49. The number of anilines is 2. The smallest absolute Gasteiger partial charge is 0.254 e. The van der Waals surface area contributed by atoms with E-state index < -0.39 is 11.8 Å². The number of carbonyl (C=O) groups excluding carboxylic acids is 2. The molecule has 1 aliphatic rings. The number of methoxy groups -OCH3 is 2. The molecule has 194 valence electrons. The van der Waals surface area contributed by atoms with Gasteiger partial charge in [0.1, 0.15) is 17.3 Å². The van der Waals surface area contributed by atoms with Crippen LogP contribution in [0.5, 0.6) is 11.5 Å². The van der Waals surface area contributed by atoms with E-state index in [0.29, 0.717) is 44.9 Å². The van der Waals surface area contributed by atoms with Crippen molar-refractivity contribution in [1.29, 1.82) is 5.26 Å². The second-order valence-corrected chi connectivity index (χ2v) is 9.18. The highest BCUT2D eigenvalue weighted by Gasteiger charge is 2.36. The van der Waals surface area contributed by atoms with E-state index in [0.717, 1.165) is 0 Å². The van der Waals surface area contributed by atoms with Crippen LogP contribution in [0.25, 0.3) is 0 Å². The molecule has 3 aromatic rings. The summed E-state index contributed by atoms with van der Waals surface area (Å²) in [5.41, 5.74) is 2.23. The predicted molar refractivity (Wildman–Crippen MR) is 146 cm³/mol. The van der Waals surface area contributed by atoms with Gasteiger partial charge in [-0.3, -0.25) is 9.59 Å². The Morgan fingerprint density at radius 2 is 1.89 bits per heavy atom. The topological polar surface area (TPSA) is 126 Å². The van der Waals surface area contributed by atoms with Crippen LogP contribution in [0.1, 0.15) is 18.6 Å². The van der Waals surface area contributed by atoms with Crippen molar-refractivity contribution in [3.05, 3.63) is 94.6 Å². The number of allylic oxidation sites excluding steroid dienone is 2. The summed E-state index contributed by atoms with van der Waals surface area (Å²) < 4.78 is 16.2. The van der Waals surface area contributed by atoms with Crippen LogP contribution in [-0.4, -0.2) is 31.8 Å². The van der Waals surface area contributed by atoms with Crippen molar-refractivity contribution in [2.24, 2.45) is 0 Å². The number of nitrogens with one attached hydrogen (secondary N) is 3. The lowest BCUT2D eigenvalue weighted by Crippen LogP contribution is -2.31. The van der Waals surface area contributed by atoms with E-state index in [9.17, 15) is 14.9 Å². The molecule has 38 heavy (non-hydrogen) atoms. The number of rotatable bonds is 9. The molecule has 0 spiro atoms. The van der Waals surface area contributed by atoms with Crippen LogP contribution in [0.2, 0.25) is 0 Å². The summed E-state index contributed by atoms with van der Waals surface area (Å²) in [7, 11) is 3.07. The van der Waals surface area contributed by atoms with Crippen LogP contribution < -0.4 is 25.4 Å². The molecule has 0 saturated heterocycles. The number of dihydropyridines is 1. The lowest BCUT2D eigenvalue weighted by Gasteiger charge is -2.28. The minimum atomic E-state index is -0.769. The molecule has 0 saturated carbocycles. The number of nitriles is 1. The molecule has 0 radical (unpaired) electrons. The number of carbonyl (C=O) groups is 2. The Kier molecular flexibility index (Phi) is 8.40. The minimum absolute atomic E-state index is 0.0334. The minimum Gasteiger partial charge on any atom is -0.497 e. The van der Waals surface area contributed by atoms with Crippen LogP contribution in [0.4, 0.5) is 11.4 Å². The fourth-order valence-corrected chi connectivity index (χ4v) is 4.93. The molecule has 1 aliphatic heterocycles. The maximum atomic E-state index is 13.5. The number of hydrogen-bond acceptors (Lipinski definition) is 8. The summed E-state index contributed by atoms with van der Waals surface area (Å²) in [4.78, 5) is 26.2. The monoisotopic (exact) mass is 530 g/mol. The first-order chi connectivity index (χ1) is 18.4. The van der Waals surface area contributed by atoms with Gasteiger partial charge in [0.25, 0.3) is 5.91 Å². The van der Waals surface area contributed by atoms with Gasteiger partial charge in [0.05, 0.1) is 60.1 Å². The van der Waals surface area contributed by atoms with E-state index in [4.69, 9.17) is 13.9 Å². The van der Waals surface area contributed by atoms with Gasteiger partial charge in [-0.2, -0.15) is 5.26 Å². The normalized spacial score (nSPS) is 14.8. The largest absolute Gasteiger partial charge is 0.497 e. The van der Waals surface area contributed by atoms with Crippen molar-refractivity contribution in [2.75, 3.05) is 30.6 Å². The van der Waals surface area contributed by atoms with Crippen molar-refractivity contribution in [3.63, 3.8) is 0 Å². The van der Waals surface area contributed by atoms with Crippen molar-refractivity contribution in [3.8, 4) is 17.6 Å². The summed E-state index contributed by atoms with van der Waals surface area (Å²) >= 11 is 1.17. The van der Waals surface area contributed by atoms with Crippen molar-refractivity contribution < 1.29 is 23.5 Å². The Hall–Kier alpha value is -4.62. The summed E-state index contributed by atoms with van der Waals surface area (Å²) in [6, 6.07) is 19.7. The van der Waals surface area contributed by atoms with Crippen LogP contribution in [0.15, 0.2) is 93.2 Å². The highest BCUT2D eigenvalue weighted by atomic mass is 32.2. The van der Waals surface area contributed by atoms with Crippen LogP contribution in [0, 0.1) is 11.3 Å². The van der Waals surface area contributed by atoms with E-state index in [1.807, 2.05) is 0 Å². The highest BCUT2D eigenvalue weighted by Crippen LogP contribution is 2.41. The number of thioether (sulfide) groups is 1. The van der Waals surface area contributed by atoms with Crippen LogP contribution in [0.3, 0.4) is 0 Å². The van der Waals surface area contributed by atoms with E-state index >= 15 is 0 Å². The van der Waals surface area contributed by atoms with Gasteiger partial charge >= 0.3 is 0 Å². The Balaban J connectivity index is 1.58. The molecule has 2 heterocycles. The fraction of sp³-hybridized carbons (Fsp3) is 0.179. The molecule has 0 aliphatic carbocycles. The fourth-order valence-electron chi connectivity index (χ4n) is 4.04. The van der Waals surface area contributed by atoms with Crippen molar-refractivity contribution in [1.82, 2.24) is 5.32 Å². The highest BCUT2D eigenvalue weighted by molar-refractivity contribution is 8.03. The molecule has 0 unspecified atom stereocenters. The second-order valence-electron chi connectivity index (χ2n) is 8.19. The lowest BCUT2D eigenvalue weighted by molar-refractivity contribution is -0.114. The molecule has 4 rings (SSSR count). The molecule has 2 aromatic carbocycles. The molecular formula is C28H26N4O5S. The lowest BCUT2D eigenvalue weighted by atomic mass is 9.85. The number of amides is 2. The predicted octanol–water partition coefficient (Wildman–Crippen LogP) is 5.00. The number of ether oxygens (including phenoxy) is 2. The van der Waals surface area contributed by atoms with E-state index in [-0.39, 0.29) is 17.2 Å². The first kappa shape index (κ1) is 26.4. The third-order valence-electron chi connectivity index (χ3n) is 5.78. The molecule has 0 fully saturated rings. The second kappa shape index (κ2) is 12.1. The van der Waals surface area contributed by atoms with Gasteiger partial charge in [-0.1, -0.05) is 30.0 Å². The zero-order valence-electron chi connectivity index (χ0n) is 21.0. The van der Waals surface area contributed by atoms with Crippen LogP contribution >= 0.6 is 11.8 Å². The summed E-state index contributed by atoms with van der Waals surface area (Å²) in [5.74, 6) is 0.165. The molecule has 1 atom stereocenters. The Morgan fingerprint density at radius 3 is 2.61 bits per heavy atom. The number of para-hydroxylation sites is 2. The van der Waals surface area contributed by atoms with Crippen molar-refractivity contribution in [2.45, 2.75) is 12.8 Å². The van der Waals surface area contributed by atoms with Gasteiger partial charge in [0, 0.05) is 17.5 Å². The summed E-state index contributed by atoms with van der Waals surface area (Å²) in [6.45, 7) is 1.75. The van der Waals surface area contributed by atoms with E-state index in [1.54, 1.807) is 74.7 Å². The standard InChI is InChI=1S/C28H26N4O5S/c1-17-25(27(34)32-21-10-4-5-11-22(21)36-3)26(23-12-7-13-37-23)20(15-29)28(30-17)38-16-24(33)31-18-8-6-9-19(14-18)35-2/h4-14,26,30H,16H2,1-3H3,(H,31,33)(H,32,34)/t26-/m0/s1. The van der Waals surface area contributed by atoms with Crippen LogP contribution in [-0.2, 0) is 9.59 Å². The van der Waals surface area contributed by atoms with Gasteiger partial charge in [-0.05, 0) is 43.3 Å². The third-order valence-corrected chi connectivity index (χ3v) is 6.79. The average molecular weight is 531 g/mol. The van der Waals surface area contributed by atoms with Crippen molar-refractivity contribution >= 4 is 35.0 Å². The Morgan fingerprint density at radius 1 is 1.08 bits per heavy atom. The van der Waals surface area contributed by atoms with Gasteiger partial charge in [0.15, 0.2) is 0 Å².